The van der Waals surface area contributed by atoms with Crippen molar-refractivity contribution >= 4 is 22.4 Å². The van der Waals surface area contributed by atoms with E-state index in [4.69, 9.17) is 9.97 Å². The lowest BCUT2D eigenvalue weighted by Gasteiger charge is -2.30. The predicted octanol–water partition coefficient (Wildman–Crippen LogP) is 4.65. The molecule has 0 amide bonds. The molecule has 1 saturated carbocycles. The number of fused-ring (bicyclic) bond motifs is 1. The van der Waals surface area contributed by atoms with Crippen molar-refractivity contribution in [3.63, 3.8) is 0 Å². The van der Waals surface area contributed by atoms with E-state index >= 15 is 0 Å². The second-order valence-electron chi connectivity index (χ2n) is 7.56. The summed E-state index contributed by atoms with van der Waals surface area (Å²) in [6.45, 7) is 11.0. The zero-order valence-corrected chi connectivity index (χ0v) is 15.9. The number of nitrogens with zero attached hydrogens (tertiary/aromatic N) is 4. The molecule has 4 rings (SSSR count). The van der Waals surface area contributed by atoms with Crippen LogP contribution in [0.5, 0.6) is 0 Å². The van der Waals surface area contributed by atoms with E-state index in [-0.39, 0.29) is 0 Å². The largest absolute Gasteiger partial charge is 0.372 e. The average molecular weight is 338 g/mol. The molecule has 0 N–H and O–H groups in total. The quantitative estimate of drug-likeness (QED) is 0.794. The Labute approximate surface area is 151 Å². The van der Waals surface area contributed by atoms with Gasteiger partial charge in [0.1, 0.15) is 11.6 Å². The van der Waals surface area contributed by atoms with Crippen LogP contribution in [0, 0.1) is 6.92 Å². The highest BCUT2D eigenvalue weighted by Gasteiger charge is 2.29. The molecule has 2 aliphatic rings. The Morgan fingerprint density at radius 2 is 1.76 bits per heavy atom. The molecule has 1 aromatic carbocycles. The Balaban J connectivity index is 1.87. The van der Waals surface area contributed by atoms with E-state index in [1.165, 1.54) is 54.6 Å². The SMILES string of the molecule is CCN(CC)c1cc2c(N3CCCCC3)nc(C3CC3)nc2cc1C. The molecule has 0 unspecified atom stereocenters. The van der Waals surface area contributed by atoms with Gasteiger partial charge in [-0.25, -0.2) is 9.97 Å². The van der Waals surface area contributed by atoms with Gasteiger partial charge in [0.25, 0.3) is 0 Å². The molecular weight excluding hydrogens is 308 g/mol. The zero-order chi connectivity index (χ0) is 17.4. The highest BCUT2D eigenvalue weighted by Crippen LogP contribution is 2.41. The third-order valence-electron chi connectivity index (χ3n) is 5.71. The van der Waals surface area contributed by atoms with Gasteiger partial charge < -0.3 is 9.80 Å². The van der Waals surface area contributed by atoms with Crippen molar-refractivity contribution in [1.82, 2.24) is 9.97 Å². The summed E-state index contributed by atoms with van der Waals surface area (Å²) in [6, 6.07) is 4.63. The molecule has 1 saturated heterocycles. The highest BCUT2D eigenvalue weighted by atomic mass is 15.2. The van der Waals surface area contributed by atoms with Crippen LogP contribution in [0.2, 0.25) is 0 Å². The van der Waals surface area contributed by atoms with Crippen molar-refractivity contribution in [3.8, 4) is 0 Å². The number of hydrogen-bond acceptors (Lipinski definition) is 4. The maximum Gasteiger partial charge on any atom is 0.140 e. The third-order valence-corrected chi connectivity index (χ3v) is 5.71. The van der Waals surface area contributed by atoms with E-state index in [2.05, 4.69) is 42.7 Å². The maximum atomic E-state index is 5.06. The van der Waals surface area contributed by atoms with Gasteiger partial charge in [-0.05, 0) is 70.6 Å². The molecule has 1 aliphatic carbocycles. The lowest BCUT2D eigenvalue weighted by atomic mass is 10.1. The first kappa shape index (κ1) is 16.6. The zero-order valence-electron chi connectivity index (χ0n) is 15.9. The number of aryl methyl sites for hydroxylation is 1. The van der Waals surface area contributed by atoms with Crippen LogP contribution in [0.15, 0.2) is 12.1 Å². The molecule has 2 fully saturated rings. The van der Waals surface area contributed by atoms with Crippen LogP contribution in [0.4, 0.5) is 11.5 Å². The van der Waals surface area contributed by atoms with Gasteiger partial charge >= 0.3 is 0 Å². The van der Waals surface area contributed by atoms with E-state index in [1.807, 2.05) is 0 Å². The Kier molecular flexibility index (Phi) is 4.53. The fourth-order valence-corrected chi connectivity index (χ4v) is 4.05. The minimum Gasteiger partial charge on any atom is -0.372 e. The molecule has 2 heterocycles. The van der Waals surface area contributed by atoms with Gasteiger partial charge in [-0.3, -0.25) is 0 Å². The summed E-state index contributed by atoms with van der Waals surface area (Å²) in [4.78, 5) is 14.9. The monoisotopic (exact) mass is 338 g/mol. The van der Waals surface area contributed by atoms with Gasteiger partial charge in [0, 0.05) is 43.2 Å². The van der Waals surface area contributed by atoms with Gasteiger partial charge in [-0.2, -0.15) is 0 Å². The molecule has 2 aromatic rings. The summed E-state index contributed by atoms with van der Waals surface area (Å²) in [6.07, 6.45) is 6.40. The first-order chi connectivity index (χ1) is 12.2. The Hall–Kier alpha value is -1.84. The first-order valence-corrected chi connectivity index (χ1v) is 10.0. The summed E-state index contributed by atoms with van der Waals surface area (Å²) < 4.78 is 0. The summed E-state index contributed by atoms with van der Waals surface area (Å²) in [7, 11) is 0. The molecule has 4 heteroatoms. The topological polar surface area (TPSA) is 32.3 Å². The van der Waals surface area contributed by atoms with Crippen LogP contribution in [0.25, 0.3) is 10.9 Å². The summed E-state index contributed by atoms with van der Waals surface area (Å²) in [5.41, 5.74) is 3.78. The summed E-state index contributed by atoms with van der Waals surface area (Å²) in [5, 5.41) is 1.24. The molecule has 0 atom stereocenters. The molecule has 4 nitrogen and oxygen atoms in total. The molecule has 1 aliphatic heterocycles. The van der Waals surface area contributed by atoms with Crippen LogP contribution in [0.1, 0.15) is 63.3 Å². The Morgan fingerprint density at radius 3 is 2.40 bits per heavy atom. The van der Waals surface area contributed by atoms with Crippen molar-refractivity contribution in [3.05, 3.63) is 23.5 Å². The predicted molar refractivity (Wildman–Crippen MR) is 106 cm³/mol. The van der Waals surface area contributed by atoms with E-state index in [0.29, 0.717) is 5.92 Å². The van der Waals surface area contributed by atoms with Crippen molar-refractivity contribution in [2.45, 2.75) is 58.8 Å². The van der Waals surface area contributed by atoms with Gasteiger partial charge in [0.2, 0.25) is 0 Å². The second-order valence-corrected chi connectivity index (χ2v) is 7.56. The minimum atomic E-state index is 0.593. The van der Waals surface area contributed by atoms with Crippen LogP contribution in [-0.4, -0.2) is 36.1 Å². The number of anilines is 2. The van der Waals surface area contributed by atoms with Gasteiger partial charge in [0.05, 0.1) is 5.52 Å². The molecule has 0 radical (unpaired) electrons. The number of piperidine rings is 1. The lowest BCUT2D eigenvalue weighted by molar-refractivity contribution is 0.573. The van der Waals surface area contributed by atoms with Gasteiger partial charge in [-0.1, -0.05) is 0 Å². The fraction of sp³-hybridized carbons (Fsp3) is 0.619. The van der Waals surface area contributed by atoms with E-state index < -0.39 is 0 Å². The summed E-state index contributed by atoms with van der Waals surface area (Å²) in [5.74, 6) is 2.85. The smallest absolute Gasteiger partial charge is 0.140 e. The standard InChI is InChI=1S/C21H30N4/c1-4-24(5-2)19-14-17-18(13-15(19)3)22-20(16-9-10-16)23-21(17)25-11-7-6-8-12-25/h13-14,16H,4-12H2,1-3H3. The van der Waals surface area contributed by atoms with Crippen molar-refractivity contribution in [2.75, 3.05) is 36.0 Å². The molecular formula is C21H30N4. The molecule has 1 aromatic heterocycles. The normalized spacial score (nSPS) is 18.0. The minimum absolute atomic E-state index is 0.593. The third kappa shape index (κ3) is 3.19. The van der Waals surface area contributed by atoms with Crippen molar-refractivity contribution < 1.29 is 0 Å². The number of rotatable bonds is 5. The second kappa shape index (κ2) is 6.81. The molecule has 25 heavy (non-hydrogen) atoms. The van der Waals surface area contributed by atoms with E-state index in [1.54, 1.807) is 0 Å². The first-order valence-electron chi connectivity index (χ1n) is 10.0. The van der Waals surface area contributed by atoms with E-state index in [9.17, 15) is 0 Å². The van der Waals surface area contributed by atoms with Crippen LogP contribution in [0.3, 0.4) is 0 Å². The van der Waals surface area contributed by atoms with Gasteiger partial charge in [0.15, 0.2) is 0 Å². The highest BCUT2D eigenvalue weighted by molar-refractivity contribution is 5.93. The van der Waals surface area contributed by atoms with Crippen molar-refractivity contribution in [2.24, 2.45) is 0 Å². The van der Waals surface area contributed by atoms with E-state index in [0.717, 1.165) is 37.5 Å². The lowest BCUT2D eigenvalue weighted by Crippen LogP contribution is -2.31. The average Bonchev–Trinajstić information content (AvgIpc) is 3.48. The van der Waals surface area contributed by atoms with Crippen LogP contribution >= 0.6 is 0 Å². The van der Waals surface area contributed by atoms with Gasteiger partial charge in [-0.15, -0.1) is 0 Å². The molecule has 0 bridgehead atoms. The fourth-order valence-electron chi connectivity index (χ4n) is 4.05. The number of aromatic nitrogens is 2. The number of benzene rings is 1. The Morgan fingerprint density at radius 1 is 1.04 bits per heavy atom. The van der Waals surface area contributed by atoms with Crippen LogP contribution in [-0.2, 0) is 0 Å². The van der Waals surface area contributed by atoms with Crippen molar-refractivity contribution in [1.29, 1.82) is 0 Å². The summed E-state index contributed by atoms with van der Waals surface area (Å²) >= 11 is 0. The Bertz CT molecular complexity index is 756. The molecule has 134 valence electrons. The maximum absolute atomic E-state index is 5.06. The van der Waals surface area contributed by atoms with Crippen LogP contribution < -0.4 is 9.80 Å². The number of hydrogen-bond donors (Lipinski definition) is 0. The molecule has 0 spiro atoms.